The van der Waals surface area contributed by atoms with Gasteiger partial charge in [0.25, 0.3) is 5.91 Å². The van der Waals surface area contributed by atoms with Crippen molar-refractivity contribution in [3.8, 4) is 0 Å². The van der Waals surface area contributed by atoms with Crippen LogP contribution in [0.1, 0.15) is 47.7 Å². The first-order valence-corrected chi connectivity index (χ1v) is 11.8. The molecule has 1 saturated carbocycles. The molecule has 0 aromatic heterocycles. The van der Waals surface area contributed by atoms with Crippen molar-refractivity contribution in [2.45, 2.75) is 38.8 Å². The van der Waals surface area contributed by atoms with Gasteiger partial charge >= 0.3 is 0 Å². The number of carbonyl (C=O) groups excluding carboxylic acids is 2. The summed E-state index contributed by atoms with van der Waals surface area (Å²) in [6.45, 7) is 4.50. The van der Waals surface area contributed by atoms with Crippen molar-refractivity contribution >= 4 is 23.7 Å². The standard InChI is InChI=1S/C26H29FN4O2/c1-2-21-16-29(11-12-31(21)25(32)19-8-9-19)26(33)22-13-18(7-10-23(22)27)15-30-17-28-14-20-5-3-4-6-24(20)30/h3-7,10,13-14,19,21H,2,8-9,11-12,15-17H2,1H3/t21-/m0/s1. The summed E-state index contributed by atoms with van der Waals surface area (Å²) in [5.41, 5.74) is 3.08. The van der Waals surface area contributed by atoms with E-state index < -0.39 is 5.82 Å². The Labute approximate surface area is 193 Å². The van der Waals surface area contributed by atoms with Crippen molar-refractivity contribution in [2.24, 2.45) is 10.9 Å². The van der Waals surface area contributed by atoms with Crippen LogP contribution < -0.4 is 4.90 Å². The van der Waals surface area contributed by atoms with E-state index in [1.54, 1.807) is 17.0 Å². The molecule has 0 N–H and O–H groups in total. The lowest BCUT2D eigenvalue weighted by Crippen LogP contribution is -2.56. The molecule has 1 saturated heterocycles. The number of para-hydroxylation sites is 1. The summed E-state index contributed by atoms with van der Waals surface area (Å²) in [4.78, 5) is 36.1. The molecule has 2 heterocycles. The van der Waals surface area contributed by atoms with E-state index >= 15 is 0 Å². The Morgan fingerprint density at radius 2 is 1.94 bits per heavy atom. The Balaban J connectivity index is 1.31. The van der Waals surface area contributed by atoms with Crippen molar-refractivity contribution in [2.75, 3.05) is 31.2 Å². The van der Waals surface area contributed by atoms with E-state index in [1.165, 1.54) is 6.07 Å². The quantitative estimate of drug-likeness (QED) is 0.701. The van der Waals surface area contributed by atoms with Gasteiger partial charge in [0.05, 0.1) is 5.56 Å². The van der Waals surface area contributed by atoms with E-state index in [4.69, 9.17) is 0 Å². The smallest absolute Gasteiger partial charge is 0.256 e. The number of fused-ring (bicyclic) bond motifs is 1. The average molecular weight is 449 g/mol. The number of nitrogens with zero attached hydrogens (tertiary/aromatic N) is 4. The third kappa shape index (κ3) is 4.36. The fourth-order valence-corrected chi connectivity index (χ4v) is 4.80. The van der Waals surface area contributed by atoms with Crippen LogP contribution in [0.25, 0.3) is 0 Å². The summed E-state index contributed by atoms with van der Waals surface area (Å²) in [7, 11) is 0. The Hall–Kier alpha value is -3.22. The van der Waals surface area contributed by atoms with Crippen LogP contribution >= 0.6 is 0 Å². The van der Waals surface area contributed by atoms with Crippen LogP contribution in [0.15, 0.2) is 47.5 Å². The highest BCUT2D eigenvalue weighted by Crippen LogP contribution is 2.33. The maximum Gasteiger partial charge on any atom is 0.256 e. The van der Waals surface area contributed by atoms with Crippen molar-refractivity contribution in [3.63, 3.8) is 0 Å². The van der Waals surface area contributed by atoms with Crippen LogP contribution in [0.2, 0.25) is 0 Å². The van der Waals surface area contributed by atoms with Crippen molar-refractivity contribution in [1.82, 2.24) is 9.80 Å². The highest BCUT2D eigenvalue weighted by Gasteiger charge is 2.39. The number of benzene rings is 2. The van der Waals surface area contributed by atoms with E-state index in [0.717, 1.165) is 36.1 Å². The van der Waals surface area contributed by atoms with E-state index in [-0.39, 0.29) is 29.3 Å². The van der Waals surface area contributed by atoms with Gasteiger partial charge in [-0.2, -0.15) is 0 Å². The molecule has 0 bridgehead atoms. The largest absolute Gasteiger partial charge is 0.347 e. The molecule has 0 spiro atoms. The number of aliphatic imine (C=N–C) groups is 1. The highest BCUT2D eigenvalue weighted by molar-refractivity contribution is 5.95. The zero-order chi connectivity index (χ0) is 22.9. The van der Waals surface area contributed by atoms with Crippen LogP contribution in [0.5, 0.6) is 0 Å². The second-order valence-electron chi connectivity index (χ2n) is 9.14. The molecule has 2 aliphatic heterocycles. The summed E-state index contributed by atoms with van der Waals surface area (Å²) >= 11 is 0. The molecular weight excluding hydrogens is 419 g/mol. The Bertz CT molecular complexity index is 1100. The number of piperazine rings is 1. The molecule has 0 unspecified atom stereocenters. The third-order valence-electron chi connectivity index (χ3n) is 6.85. The molecule has 5 rings (SSSR count). The fourth-order valence-electron chi connectivity index (χ4n) is 4.80. The zero-order valence-corrected chi connectivity index (χ0v) is 18.9. The monoisotopic (exact) mass is 448 g/mol. The van der Waals surface area contributed by atoms with Gasteiger partial charge in [-0.1, -0.05) is 31.2 Å². The van der Waals surface area contributed by atoms with Crippen molar-refractivity contribution in [1.29, 1.82) is 0 Å². The summed E-state index contributed by atoms with van der Waals surface area (Å²) in [6, 6.07) is 12.8. The number of rotatable bonds is 5. The number of amides is 2. The number of hydrogen-bond acceptors (Lipinski definition) is 4. The highest BCUT2D eigenvalue weighted by atomic mass is 19.1. The third-order valence-corrected chi connectivity index (χ3v) is 6.85. The predicted molar refractivity (Wildman–Crippen MR) is 126 cm³/mol. The molecule has 3 aliphatic rings. The minimum Gasteiger partial charge on any atom is -0.347 e. The zero-order valence-electron chi connectivity index (χ0n) is 18.9. The molecular formula is C26H29FN4O2. The second kappa shape index (κ2) is 8.96. The molecule has 2 fully saturated rings. The predicted octanol–water partition coefficient (Wildman–Crippen LogP) is 3.70. The lowest BCUT2D eigenvalue weighted by atomic mass is 10.0. The summed E-state index contributed by atoms with van der Waals surface area (Å²) in [6.07, 6.45) is 4.58. The molecule has 33 heavy (non-hydrogen) atoms. The number of halogens is 1. The molecule has 0 radical (unpaired) electrons. The lowest BCUT2D eigenvalue weighted by Gasteiger charge is -2.41. The van der Waals surface area contributed by atoms with Gasteiger partial charge < -0.3 is 14.7 Å². The van der Waals surface area contributed by atoms with E-state index in [0.29, 0.717) is 32.8 Å². The van der Waals surface area contributed by atoms with Gasteiger partial charge in [0.15, 0.2) is 0 Å². The maximum atomic E-state index is 14.7. The van der Waals surface area contributed by atoms with Crippen LogP contribution in [0.4, 0.5) is 10.1 Å². The first-order chi connectivity index (χ1) is 16.0. The molecule has 6 nitrogen and oxygen atoms in total. The first-order valence-electron chi connectivity index (χ1n) is 11.8. The Morgan fingerprint density at radius 3 is 2.73 bits per heavy atom. The van der Waals surface area contributed by atoms with E-state index in [9.17, 15) is 14.0 Å². The van der Waals surface area contributed by atoms with Crippen LogP contribution in [-0.2, 0) is 11.3 Å². The molecule has 1 atom stereocenters. The van der Waals surface area contributed by atoms with Gasteiger partial charge in [0.1, 0.15) is 12.5 Å². The van der Waals surface area contributed by atoms with Crippen molar-refractivity contribution in [3.05, 3.63) is 65.0 Å². The Morgan fingerprint density at radius 1 is 1.12 bits per heavy atom. The van der Waals surface area contributed by atoms with Crippen molar-refractivity contribution < 1.29 is 14.0 Å². The van der Waals surface area contributed by atoms with Gasteiger partial charge in [-0.3, -0.25) is 14.6 Å². The van der Waals surface area contributed by atoms with Gasteiger partial charge in [-0.25, -0.2) is 4.39 Å². The van der Waals surface area contributed by atoms with Crippen LogP contribution in [0.3, 0.4) is 0 Å². The minimum atomic E-state index is -0.509. The molecule has 1 aliphatic carbocycles. The van der Waals surface area contributed by atoms with Gasteiger partial charge in [0, 0.05) is 55.6 Å². The van der Waals surface area contributed by atoms with Crippen LogP contribution in [-0.4, -0.2) is 60.2 Å². The molecule has 172 valence electrons. The molecule has 2 aromatic rings. The topological polar surface area (TPSA) is 56.2 Å². The Kier molecular flexibility index (Phi) is 5.87. The van der Waals surface area contributed by atoms with Gasteiger partial charge in [-0.05, 0) is 43.0 Å². The van der Waals surface area contributed by atoms with Gasteiger partial charge in [-0.15, -0.1) is 0 Å². The van der Waals surface area contributed by atoms with E-state index in [1.807, 2.05) is 42.3 Å². The first kappa shape index (κ1) is 21.6. The SMILES string of the molecule is CC[C@H]1CN(C(=O)c2cc(CN3CN=Cc4ccccc43)ccc2F)CCN1C(=O)C1CC1. The minimum absolute atomic E-state index is 0.00948. The van der Waals surface area contributed by atoms with E-state index in [2.05, 4.69) is 9.89 Å². The average Bonchev–Trinajstić information content (AvgIpc) is 3.70. The lowest BCUT2D eigenvalue weighted by molar-refractivity contribution is -0.137. The van der Waals surface area contributed by atoms with Crippen LogP contribution in [0, 0.1) is 11.7 Å². The summed E-state index contributed by atoms with van der Waals surface area (Å²) in [5, 5.41) is 0. The maximum absolute atomic E-state index is 14.7. The van der Waals surface area contributed by atoms with Gasteiger partial charge in [0.2, 0.25) is 5.91 Å². The number of anilines is 1. The summed E-state index contributed by atoms with van der Waals surface area (Å²) < 4.78 is 14.7. The second-order valence-corrected chi connectivity index (χ2v) is 9.14. The number of carbonyl (C=O) groups is 2. The molecule has 2 aromatic carbocycles. The number of hydrogen-bond donors (Lipinski definition) is 0. The summed E-state index contributed by atoms with van der Waals surface area (Å²) in [5.74, 6) is -0.431. The fraction of sp³-hybridized carbons (Fsp3) is 0.423. The molecule has 2 amide bonds. The normalized spacial score (nSPS) is 20.1. The molecule has 7 heteroatoms.